The molecule has 1 heterocycles. The second-order valence-corrected chi connectivity index (χ2v) is 5.53. The van der Waals surface area contributed by atoms with Crippen LogP contribution in [0.2, 0.25) is 0 Å². The highest BCUT2D eigenvalue weighted by atomic mass is 32.1. The molecule has 1 nitrogen and oxygen atoms in total. The van der Waals surface area contributed by atoms with Crippen molar-refractivity contribution in [2.45, 2.75) is 45.2 Å². The SMILES string of the molecule is C=CC(C)NC(C)c1cc2c(s1)CCC2. The maximum atomic E-state index is 3.80. The highest BCUT2D eigenvalue weighted by molar-refractivity contribution is 7.12. The first-order chi connectivity index (χ1) is 7.20. The van der Waals surface area contributed by atoms with E-state index >= 15 is 0 Å². The number of fused-ring (bicyclic) bond motifs is 1. The normalized spacial score (nSPS) is 18.5. The monoisotopic (exact) mass is 221 g/mol. The number of nitrogens with one attached hydrogen (secondary N) is 1. The van der Waals surface area contributed by atoms with E-state index in [0.717, 1.165) is 0 Å². The van der Waals surface area contributed by atoms with Gasteiger partial charge in [-0.05, 0) is 44.7 Å². The molecule has 1 aliphatic carbocycles. The predicted molar refractivity (Wildman–Crippen MR) is 67.6 cm³/mol. The lowest BCUT2D eigenvalue weighted by Crippen LogP contribution is -2.26. The van der Waals surface area contributed by atoms with Crippen molar-refractivity contribution in [1.29, 1.82) is 0 Å². The summed E-state index contributed by atoms with van der Waals surface area (Å²) in [7, 11) is 0. The number of rotatable bonds is 4. The topological polar surface area (TPSA) is 12.0 Å². The van der Waals surface area contributed by atoms with Gasteiger partial charge in [-0.2, -0.15) is 0 Å². The van der Waals surface area contributed by atoms with E-state index in [1.54, 1.807) is 10.4 Å². The Morgan fingerprint density at radius 2 is 2.27 bits per heavy atom. The van der Waals surface area contributed by atoms with Crippen LogP contribution in [-0.2, 0) is 12.8 Å². The number of thiophene rings is 1. The summed E-state index contributed by atoms with van der Waals surface area (Å²) in [6, 6.07) is 3.23. The Kier molecular flexibility index (Phi) is 3.27. The fourth-order valence-electron chi connectivity index (χ4n) is 2.11. The third kappa shape index (κ3) is 2.32. The van der Waals surface area contributed by atoms with Gasteiger partial charge >= 0.3 is 0 Å². The van der Waals surface area contributed by atoms with E-state index in [2.05, 4.69) is 31.8 Å². The minimum Gasteiger partial charge on any atom is -0.303 e. The average molecular weight is 221 g/mol. The number of hydrogen-bond donors (Lipinski definition) is 1. The van der Waals surface area contributed by atoms with Crippen LogP contribution in [0.5, 0.6) is 0 Å². The highest BCUT2D eigenvalue weighted by Gasteiger charge is 2.17. The maximum Gasteiger partial charge on any atom is 0.0391 e. The molecule has 0 saturated carbocycles. The van der Waals surface area contributed by atoms with Crippen LogP contribution in [0.25, 0.3) is 0 Å². The van der Waals surface area contributed by atoms with Crippen molar-refractivity contribution >= 4 is 11.3 Å². The van der Waals surface area contributed by atoms with Crippen LogP contribution < -0.4 is 5.32 Å². The fourth-order valence-corrected chi connectivity index (χ4v) is 3.38. The van der Waals surface area contributed by atoms with Gasteiger partial charge in [0, 0.05) is 21.8 Å². The van der Waals surface area contributed by atoms with Crippen LogP contribution in [0.3, 0.4) is 0 Å². The lowest BCUT2D eigenvalue weighted by atomic mass is 10.2. The average Bonchev–Trinajstić information content (AvgIpc) is 2.76. The lowest BCUT2D eigenvalue weighted by Gasteiger charge is -2.15. The van der Waals surface area contributed by atoms with E-state index in [1.807, 2.05) is 17.4 Å². The van der Waals surface area contributed by atoms with Crippen molar-refractivity contribution in [3.8, 4) is 0 Å². The summed E-state index contributed by atoms with van der Waals surface area (Å²) in [4.78, 5) is 3.10. The van der Waals surface area contributed by atoms with E-state index < -0.39 is 0 Å². The van der Waals surface area contributed by atoms with Crippen LogP contribution in [0.1, 0.15) is 41.6 Å². The molecular formula is C13H19NS. The second-order valence-electron chi connectivity index (χ2n) is 4.36. The van der Waals surface area contributed by atoms with E-state index in [9.17, 15) is 0 Å². The molecule has 0 saturated heterocycles. The van der Waals surface area contributed by atoms with Crippen molar-refractivity contribution in [3.05, 3.63) is 34.0 Å². The fraction of sp³-hybridized carbons (Fsp3) is 0.538. The van der Waals surface area contributed by atoms with Gasteiger partial charge in [0.05, 0.1) is 0 Å². The second kappa shape index (κ2) is 4.50. The molecule has 0 fully saturated rings. The van der Waals surface area contributed by atoms with Gasteiger partial charge in [0.1, 0.15) is 0 Å². The zero-order valence-electron chi connectivity index (χ0n) is 9.55. The summed E-state index contributed by atoms with van der Waals surface area (Å²) < 4.78 is 0. The van der Waals surface area contributed by atoms with Gasteiger partial charge in [0.25, 0.3) is 0 Å². The quantitative estimate of drug-likeness (QED) is 0.768. The minimum absolute atomic E-state index is 0.386. The summed E-state index contributed by atoms with van der Waals surface area (Å²) in [5, 5.41) is 3.53. The van der Waals surface area contributed by atoms with Gasteiger partial charge in [0.15, 0.2) is 0 Å². The molecule has 2 unspecified atom stereocenters. The van der Waals surface area contributed by atoms with E-state index in [4.69, 9.17) is 0 Å². The zero-order valence-corrected chi connectivity index (χ0v) is 10.4. The first-order valence-corrected chi connectivity index (χ1v) is 6.52. The van der Waals surface area contributed by atoms with Gasteiger partial charge in [-0.25, -0.2) is 0 Å². The summed E-state index contributed by atoms with van der Waals surface area (Å²) in [5.41, 5.74) is 1.59. The molecule has 2 rings (SSSR count). The molecule has 1 N–H and O–H groups in total. The zero-order chi connectivity index (χ0) is 10.8. The standard InChI is InChI=1S/C13H19NS/c1-4-9(2)14-10(3)13-8-11-6-5-7-12(11)15-13/h4,8-10,14H,1,5-7H2,2-3H3. The van der Waals surface area contributed by atoms with E-state index in [1.165, 1.54) is 24.1 Å². The molecule has 0 bridgehead atoms. The van der Waals surface area contributed by atoms with Crippen LogP contribution in [-0.4, -0.2) is 6.04 Å². The Morgan fingerprint density at radius 3 is 2.93 bits per heavy atom. The van der Waals surface area contributed by atoms with Crippen LogP contribution in [0.4, 0.5) is 0 Å². The molecule has 0 aliphatic heterocycles. The van der Waals surface area contributed by atoms with Gasteiger partial charge in [-0.3, -0.25) is 0 Å². The van der Waals surface area contributed by atoms with Crippen LogP contribution >= 0.6 is 11.3 Å². The number of hydrogen-bond acceptors (Lipinski definition) is 2. The summed E-state index contributed by atoms with van der Waals surface area (Å²) >= 11 is 1.99. The van der Waals surface area contributed by atoms with Gasteiger partial charge < -0.3 is 5.32 Å². The lowest BCUT2D eigenvalue weighted by molar-refractivity contribution is 0.543. The van der Waals surface area contributed by atoms with Crippen molar-refractivity contribution in [2.24, 2.45) is 0 Å². The van der Waals surface area contributed by atoms with Crippen molar-refractivity contribution < 1.29 is 0 Å². The molecule has 0 aromatic carbocycles. The Morgan fingerprint density at radius 1 is 1.47 bits per heavy atom. The molecule has 15 heavy (non-hydrogen) atoms. The molecule has 2 heteroatoms. The summed E-state index contributed by atoms with van der Waals surface area (Å²) in [6.07, 6.45) is 5.89. The third-order valence-corrected chi connectivity index (χ3v) is 4.48. The maximum absolute atomic E-state index is 3.80. The predicted octanol–water partition coefficient (Wildman–Crippen LogP) is 3.46. The largest absolute Gasteiger partial charge is 0.303 e. The van der Waals surface area contributed by atoms with Gasteiger partial charge in [-0.15, -0.1) is 17.9 Å². The molecule has 0 radical (unpaired) electrons. The Bertz CT molecular complexity index is 332. The highest BCUT2D eigenvalue weighted by Crippen LogP contribution is 2.33. The molecule has 1 aliphatic rings. The summed E-state index contributed by atoms with van der Waals surface area (Å²) in [6.45, 7) is 8.18. The van der Waals surface area contributed by atoms with Gasteiger partial charge in [0.2, 0.25) is 0 Å². The van der Waals surface area contributed by atoms with E-state index in [-0.39, 0.29) is 0 Å². The molecule has 1 aromatic rings. The molecule has 0 amide bonds. The third-order valence-electron chi connectivity index (χ3n) is 3.06. The molecule has 0 spiro atoms. The number of aryl methyl sites for hydroxylation is 2. The first-order valence-electron chi connectivity index (χ1n) is 5.71. The Hall–Kier alpha value is -0.600. The minimum atomic E-state index is 0.386. The van der Waals surface area contributed by atoms with Gasteiger partial charge in [-0.1, -0.05) is 6.08 Å². The van der Waals surface area contributed by atoms with E-state index in [0.29, 0.717) is 12.1 Å². The first kappa shape index (κ1) is 10.9. The molecule has 1 aromatic heterocycles. The van der Waals surface area contributed by atoms with Crippen molar-refractivity contribution in [1.82, 2.24) is 5.32 Å². The Labute approximate surface area is 96.2 Å². The van der Waals surface area contributed by atoms with Crippen molar-refractivity contribution in [2.75, 3.05) is 0 Å². The Balaban J connectivity index is 2.05. The summed E-state index contributed by atoms with van der Waals surface area (Å²) in [5.74, 6) is 0. The van der Waals surface area contributed by atoms with Crippen LogP contribution in [0.15, 0.2) is 18.7 Å². The molecule has 82 valence electrons. The van der Waals surface area contributed by atoms with Crippen LogP contribution in [0, 0.1) is 0 Å². The molecular weight excluding hydrogens is 202 g/mol. The molecule has 2 atom stereocenters. The smallest absolute Gasteiger partial charge is 0.0391 e. The van der Waals surface area contributed by atoms with Crippen molar-refractivity contribution in [3.63, 3.8) is 0 Å².